The van der Waals surface area contributed by atoms with E-state index in [2.05, 4.69) is 45.2 Å². The Balaban J connectivity index is 1.74. The van der Waals surface area contributed by atoms with Crippen LogP contribution in [-0.2, 0) is 12.8 Å². The summed E-state index contributed by atoms with van der Waals surface area (Å²) in [6.45, 7) is 4.09. The zero-order chi connectivity index (χ0) is 14.5. The number of H-pyrrole nitrogens is 2. The van der Waals surface area contributed by atoms with Crippen LogP contribution in [0.25, 0.3) is 0 Å². The van der Waals surface area contributed by atoms with Crippen molar-refractivity contribution < 1.29 is 0 Å². The predicted octanol–water partition coefficient (Wildman–Crippen LogP) is 2.91. The lowest BCUT2D eigenvalue weighted by atomic mass is 10.1. The number of nitrogens with one attached hydrogen (secondary N) is 2. The predicted molar refractivity (Wildman–Crippen MR) is 88.8 cm³/mol. The lowest BCUT2D eigenvalue weighted by molar-refractivity contribution is 0.658. The van der Waals surface area contributed by atoms with Crippen LogP contribution in [0.4, 0.5) is 0 Å². The van der Waals surface area contributed by atoms with E-state index in [1.165, 1.54) is 0 Å². The maximum atomic E-state index is 4.66. The van der Waals surface area contributed by atoms with E-state index in [0.717, 1.165) is 48.5 Å². The zero-order valence-corrected chi connectivity index (χ0v) is 13.7. The first kappa shape index (κ1) is 15.5. The van der Waals surface area contributed by atoms with Crippen LogP contribution in [0.15, 0.2) is 12.7 Å². The lowest BCUT2D eigenvalue weighted by Crippen LogP contribution is -2.11. The van der Waals surface area contributed by atoms with Gasteiger partial charge in [-0.3, -0.25) is 0 Å². The number of aromatic amines is 2. The smallest absolute Gasteiger partial charge is 0.0925 e. The fourth-order valence-electron chi connectivity index (χ4n) is 2.22. The summed E-state index contributed by atoms with van der Waals surface area (Å²) >= 11 is 9.33. The highest BCUT2D eigenvalue weighted by Crippen LogP contribution is 2.19. The van der Waals surface area contributed by atoms with Crippen LogP contribution in [0, 0.1) is 13.8 Å². The largest absolute Gasteiger partial charge is 0.348 e. The Hall–Kier alpha value is -0.880. The molecule has 0 bridgehead atoms. The Bertz CT molecular complexity index is 487. The first-order chi connectivity index (χ1) is 9.56. The van der Waals surface area contributed by atoms with E-state index < -0.39 is 0 Å². The summed E-state index contributed by atoms with van der Waals surface area (Å²) in [4.78, 5) is 14.8. The summed E-state index contributed by atoms with van der Waals surface area (Å²) in [5, 5.41) is 0.652. The first-order valence-electron chi connectivity index (χ1n) is 6.90. The van der Waals surface area contributed by atoms with E-state index >= 15 is 0 Å². The Morgan fingerprint density at radius 1 is 0.900 bits per heavy atom. The average Bonchev–Trinajstić information content (AvgIpc) is 2.98. The maximum absolute atomic E-state index is 4.66. The second-order valence-electron chi connectivity index (χ2n) is 5.24. The summed E-state index contributed by atoms with van der Waals surface area (Å²) in [5.41, 5.74) is 4.50. The van der Waals surface area contributed by atoms with Gasteiger partial charge in [0.05, 0.1) is 24.0 Å². The Morgan fingerprint density at radius 3 is 1.60 bits per heavy atom. The summed E-state index contributed by atoms with van der Waals surface area (Å²) in [7, 11) is 0. The van der Waals surface area contributed by atoms with Crippen molar-refractivity contribution in [3.8, 4) is 0 Å². The summed E-state index contributed by atoms with van der Waals surface area (Å²) < 4.78 is 0. The number of aryl methyl sites for hydroxylation is 2. The molecule has 2 heterocycles. The molecule has 0 aromatic carbocycles. The molecule has 6 heteroatoms. The molecule has 0 fully saturated rings. The fraction of sp³-hybridized carbons (Fsp3) is 0.571. The van der Waals surface area contributed by atoms with E-state index in [9.17, 15) is 0 Å². The standard InChI is InChI=1S/C14H22N4S2/c1-9-13(17-7-15-9)5-11(19)3-4-12(20)6-14-10(2)16-8-18-14/h7-8,11-12,19-20H,3-6H2,1-2H3,(H,15,17)(H,16,18). The molecule has 0 saturated heterocycles. The van der Waals surface area contributed by atoms with Crippen LogP contribution in [0.1, 0.15) is 35.6 Å². The van der Waals surface area contributed by atoms with E-state index in [-0.39, 0.29) is 0 Å². The molecule has 2 atom stereocenters. The van der Waals surface area contributed by atoms with E-state index in [1.807, 2.05) is 13.8 Å². The molecule has 2 unspecified atom stereocenters. The Kier molecular flexibility index (Phi) is 5.60. The second kappa shape index (κ2) is 7.22. The van der Waals surface area contributed by atoms with Gasteiger partial charge in [0.15, 0.2) is 0 Å². The number of aromatic nitrogens is 4. The molecular weight excluding hydrogens is 288 g/mol. The summed E-state index contributed by atoms with van der Waals surface area (Å²) in [6, 6.07) is 0. The average molecular weight is 310 g/mol. The highest BCUT2D eigenvalue weighted by molar-refractivity contribution is 7.81. The molecule has 0 aliphatic heterocycles. The van der Waals surface area contributed by atoms with Gasteiger partial charge in [-0.1, -0.05) is 0 Å². The molecule has 0 aliphatic carbocycles. The highest BCUT2D eigenvalue weighted by Gasteiger charge is 2.13. The number of nitrogens with zero attached hydrogens (tertiary/aromatic N) is 2. The van der Waals surface area contributed by atoms with Gasteiger partial charge in [0.2, 0.25) is 0 Å². The fourth-order valence-corrected chi connectivity index (χ4v) is 2.87. The van der Waals surface area contributed by atoms with Crippen molar-refractivity contribution in [2.24, 2.45) is 0 Å². The van der Waals surface area contributed by atoms with Crippen LogP contribution in [0.2, 0.25) is 0 Å². The quantitative estimate of drug-likeness (QED) is 0.594. The van der Waals surface area contributed by atoms with Crippen LogP contribution in [-0.4, -0.2) is 30.4 Å². The van der Waals surface area contributed by atoms with Gasteiger partial charge in [0.25, 0.3) is 0 Å². The van der Waals surface area contributed by atoms with Gasteiger partial charge in [-0.25, -0.2) is 9.97 Å². The van der Waals surface area contributed by atoms with E-state index in [4.69, 9.17) is 0 Å². The van der Waals surface area contributed by atoms with Gasteiger partial charge in [-0.05, 0) is 26.7 Å². The summed E-state index contributed by atoms with van der Waals surface area (Å²) in [6.07, 6.45) is 7.36. The number of hydrogen-bond acceptors (Lipinski definition) is 4. The topological polar surface area (TPSA) is 57.4 Å². The molecule has 0 radical (unpaired) electrons. The molecule has 0 spiro atoms. The molecule has 4 nitrogen and oxygen atoms in total. The second-order valence-corrected chi connectivity index (χ2v) is 6.70. The van der Waals surface area contributed by atoms with Crippen molar-refractivity contribution in [1.82, 2.24) is 19.9 Å². The van der Waals surface area contributed by atoms with Crippen molar-refractivity contribution in [1.29, 1.82) is 0 Å². The van der Waals surface area contributed by atoms with Crippen molar-refractivity contribution in [2.45, 2.75) is 50.0 Å². The Labute approximate surface area is 131 Å². The van der Waals surface area contributed by atoms with Gasteiger partial charge >= 0.3 is 0 Å². The molecule has 2 aromatic rings. The molecule has 2 N–H and O–H groups in total. The molecule has 2 aromatic heterocycles. The molecule has 110 valence electrons. The van der Waals surface area contributed by atoms with Gasteiger partial charge in [-0.2, -0.15) is 25.3 Å². The van der Waals surface area contributed by atoms with Crippen LogP contribution < -0.4 is 0 Å². The van der Waals surface area contributed by atoms with Crippen molar-refractivity contribution >= 4 is 25.3 Å². The van der Waals surface area contributed by atoms with Crippen LogP contribution in [0.3, 0.4) is 0 Å². The van der Waals surface area contributed by atoms with Gasteiger partial charge in [-0.15, -0.1) is 0 Å². The van der Waals surface area contributed by atoms with Crippen LogP contribution in [0.5, 0.6) is 0 Å². The van der Waals surface area contributed by atoms with Crippen LogP contribution >= 0.6 is 25.3 Å². The minimum Gasteiger partial charge on any atom is -0.348 e. The lowest BCUT2D eigenvalue weighted by Gasteiger charge is -2.13. The Morgan fingerprint density at radius 2 is 1.30 bits per heavy atom. The van der Waals surface area contributed by atoms with Gasteiger partial charge in [0.1, 0.15) is 0 Å². The third-order valence-corrected chi connectivity index (χ3v) is 4.44. The minimum atomic E-state index is 0.326. The zero-order valence-electron chi connectivity index (χ0n) is 11.9. The minimum absolute atomic E-state index is 0.326. The van der Waals surface area contributed by atoms with E-state index in [1.54, 1.807) is 12.7 Å². The third kappa shape index (κ3) is 4.31. The molecule has 20 heavy (non-hydrogen) atoms. The third-order valence-electron chi connectivity index (χ3n) is 3.56. The van der Waals surface area contributed by atoms with Gasteiger partial charge in [0, 0.05) is 34.7 Å². The number of imidazole rings is 2. The molecule has 2 rings (SSSR count). The number of rotatable bonds is 7. The molecule has 0 amide bonds. The van der Waals surface area contributed by atoms with E-state index in [0.29, 0.717) is 10.5 Å². The maximum Gasteiger partial charge on any atom is 0.0925 e. The van der Waals surface area contributed by atoms with Crippen molar-refractivity contribution in [3.05, 3.63) is 35.4 Å². The van der Waals surface area contributed by atoms with Crippen molar-refractivity contribution in [3.63, 3.8) is 0 Å². The highest BCUT2D eigenvalue weighted by atomic mass is 32.1. The summed E-state index contributed by atoms with van der Waals surface area (Å²) in [5.74, 6) is 0. The van der Waals surface area contributed by atoms with Crippen molar-refractivity contribution in [2.75, 3.05) is 0 Å². The van der Waals surface area contributed by atoms with Gasteiger partial charge < -0.3 is 9.97 Å². The molecular formula is C14H22N4S2. The first-order valence-corrected chi connectivity index (χ1v) is 7.93. The number of thiol groups is 2. The monoisotopic (exact) mass is 310 g/mol. The normalized spacial score (nSPS) is 14.4. The number of hydrogen-bond donors (Lipinski definition) is 4. The molecule has 0 aliphatic rings. The molecule has 0 saturated carbocycles. The SMILES string of the molecule is Cc1[nH]cnc1CC(S)CCC(S)Cc1nc[nH]c1C.